The second-order valence-corrected chi connectivity index (χ2v) is 4.98. The van der Waals surface area contributed by atoms with Gasteiger partial charge >= 0.3 is 5.97 Å². The second-order valence-electron chi connectivity index (χ2n) is 4.98. The van der Waals surface area contributed by atoms with Crippen molar-refractivity contribution >= 4 is 11.9 Å². The molecule has 0 aliphatic carbocycles. The molecule has 1 heterocycles. The number of carboxylic acids is 1. The fraction of sp³-hybridized carbons (Fsp3) is 0.833. The lowest BCUT2D eigenvalue weighted by molar-refractivity contribution is -0.147. The molecule has 2 unspecified atom stereocenters. The van der Waals surface area contributed by atoms with E-state index in [1.165, 1.54) is 0 Å². The number of rotatable bonds is 4. The zero-order valence-electron chi connectivity index (χ0n) is 10.8. The number of nitrogens with zero attached hydrogens (tertiary/aromatic N) is 2. The molecular weight excluding hydrogens is 220 g/mol. The normalized spacial score (nSPS) is 25.6. The van der Waals surface area contributed by atoms with Gasteiger partial charge in [0.15, 0.2) is 0 Å². The Morgan fingerprint density at radius 1 is 1.41 bits per heavy atom. The first kappa shape index (κ1) is 14.0. The Hall–Kier alpha value is -1.10. The third-order valence-electron chi connectivity index (χ3n) is 3.40. The van der Waals surface area contributed by atoms with E-state index in [0.717, 1.165) is 19.4 Å². The SMILES string of the molecule is CC1CCCN(CCC(=O)N(C)C)C1C(=O)O. The largest absolute Gasteiger partial charge is 0.480 e. The molecule has 1 fully saturated rings. The molecule has 1 aliphatic rings. The molecule has 1 amide bonds. The summed E-state index contributed by atoms with van der Waals surface area (Å²) in [6.45, 7) is 3.29. The minimum absolute atomic E-state index is 0.0485. The van der Waals surface area contributed by atoms with Crippen molar-refractivity contribution in [3.8, 4) is 0 Å². The summed E-state index contributed by atoms with van der Waals surface area (Å²) in [6.07, 6.45) is 2.36. The Morgan fingerprint density at radius 2 is 2.06 bits per heavy atom. The number of hydrogen-bond donors (Lipinski definition) is 1. The maximum atomic E-state index is 11.5. The summed E-state index contributed by atoms with van der Waals surface area (Å²) in [5.41, 5.74) is 0. The molecule has 17 heavy (non-hydrogen) atoms. The standard InChI is InChI=1S/C12H22N2O3/c1-9-5-4-7-14(11(9)12(16)17)8-6-10(15)13(2)3/h9,11H,4-8H2,1-3H3,(H,16,17). The van der Waals surface area contributed by atoms with Crippen LogP contribution in [0.5, 0.6) is 0 Å². The first-order valence-electron chi connectivity index (χ1n) is 6.10. The van der Waals surface area contributed by atoms with Gasteiger partial charge in [0.25, 0.3) is 0 Å². The van der Waals surface area contributed by atoms with E-state index in [2.05, 4.69) is 0 Å². The number of carboxylic acid groups (broad SMARTS) is 1. The molecule has 5 heteroatoms. The van der Waals surface area contributed by atoms with Gasteiger partial charge in [-0.1, -0.05) is 6.92 Å². The maximum Gasteiger partial charge on any atom is 0.321 e. The van der Waals surface area contributed by atoms with Crippen LogP contribution in [-0.2, 0) is 9.59 Å². The number of likely N-dealkylation sites (tertiary alicyclic amines) is 1. The molecule has 2 atom stereocenters. The summed E-state index contributed by atoms with van der Waals surface area (Å²) >= 11 is 0. The van der Waals surface area contributed by atoms with Crippen molar-refractivity contribution in [3.63, 3.8) is 0 Å². The number of carbonyl (C=O) groups is 2. The van der Waals surface area contributed by atoms with Crippen LogP contribution in [0.4, 0.5) is 0 Å². The minimum Gasteiger partial charge on any atom is -0.480 e. The lowest BCUT2D eigenvalue weighted by atomic mass is 9.90. The first-order chi connectivity index (χ1) is 7.93. The topological polar surface area (TPSA) is 60.9 Å². The van der Waals surface area contributed by atoms with Gasteiger partial charge < -0.3 is 10.0 Å². The fourth-order valence-corrected chi connectivity index (χ4v) is 2.39. The van der Waals surface area contributed by atoms with Crippen molar-refractivity contribution in [2.45, 2.75) is 32.2 Å². The highest BCUT2D eigenvalue weighted by Gasteiger charge is 2.34. The molecule has 0 aromatic carbocycles. The Bertz CT molecular complexity index is 291. The average Bonchev–Trinajstić information content (AvgIpc) is 2.24. The van der Waals surface area contributed by atoms with Gasteiger partial charge in [-0.2, -0.15) is 0 Å². The van der Waals surface area contributed by atoms with E-state index < -0.39 is 12.0 Å². The highest BCUT2D eigenvalue weighted by Crippen LogP contribution is 2.23. The third kappa shape index (κ3) is 3.70. The maximum absolute atomic E-state index is 11.5. The van der Waals surface area contributed by atoms with Crippen molar-refractivity contribution in [1.29, 1.82) is 0 Å². The fourth-order valence-electron chi connectivity index (χ4n) is 2.39. The molecule has 0 spiro atoms. The Morgan fingerprint density at radius 3 is 2.59 bits per heavy atom. The van der Waals surface area contributed by atoms with E-state index in [0.29, 0.717) is 13.0 Å². The molecule has 0 bridgehead atoms. The van der Waals surface area contributed by atoms with Crippen molar-refractivity contribution < 1.29 is 14.7 Å². The van der Waals surface area contributed by atoms with Gasteiger partial charge in [-0.25, -0.2) is 0 Å². The molecule has 0 aromatic rings. The highest BCUT2D eigenvalue weighted by atomic mass is 16.4. The molecule has 0 radical (unpaired) electrons. The van der Waals surface area contributed by atoms with Crippen LogP contribution in [0.2, 0.25) is 0 Å². The van der Waals surface area contributed by atoms with Gasteiger partial charge in [0, 0.05) is 27.1 Å². The van der Waals surface area contributed by atoms with Gasteiger partial charge in [-0.05, 0) is 25.3 Å². The molecule has 0 saturated carbocycles. The van der Waals surface area contributed by atoms with E-state index >= 15 is 0 Å². The zero-order chi connectivity index (χ0) is 13.0. The summed E-state index contributed by atoms with van der Waals surface area (Å²) in [6, 6.07) is -0.432. The average molecular weight is 242 g/mol. The first-order valence-corrected chi connectivity index (χ1v) is 6.10. The van der Waals surface area contributed by atoms with Gasteiger partial charge in [0.1, 0.15) is 6.04 Å². The summed E-state index contributed by atoms with van der Waals surface area (Å²) in [4.78, 5) is 26.2. The molecule has 1 N–H and O–H groups in total. The predicted octanol–water partition coefficient (Wildman–Crippen LogP) is 0.650. The van der Waals surface area contributed by atoms with Gasteiger partial charge in [-0.15, -0.1) is 0 Å². The van der Waals surface area contributed by atoms with Crippen LogP contribution in [0.1, 0.15) is 26.2 Å². The van der Waals surface area contributed by atoms with Gasteiger partial charge in [-0.3, -0.25) is 14.5 Å². The minimum atomic E-state index is -0.769. The van der Waals surface area contributed by atoms with E-state index in [1.54, 1.807) is 19.0 Å². The summed E-state index contributed by atoms with van der Waals surface area (Å²) in [5, 5.41) is 9.22. The molecule has 0 aromatic heterocycles. The summed E-state index contributed by atoms with van der Waals surface area (Å²) in [5.74, 6) is -0.558. The number of amides is 1. The van der Waals surface area contributed by atoms with E-state index in [1.807, 2.05) is 11.8 Å². The van der Waals surface area contributed by atoms with Crippen LogP contribution in [0.3, 0.4) is 0 Å². The van der Waals surface area contributed by atoms with Gasteiger partial charge in [0.2, 0.25) is 5.91 Å². The molecular formula is C12H22N2O3. The van der Waals surface area contributed by atoms with Crippen LogP contribution >= 0.6 is 0 Å². The monoisotopic (exact) mass is 242 g/mol. The molecule has 98 valence electrons. The Balaban J connectivity index is 2.55. The number of carbonyl (C=O) groups excluding carboxylic acids is 1. The highest BCUT2D eigenvalue weighted by molar-refractivity contribution is 5.76. The van der Waals surface area contributed by atoms with Crippen LogP contribution in [-0.4, -0.2) is 60.0 Å². The third-order valence-corrected chi connectivity index (χ3v) is 3.40. The van der Waals surface area contributed by atoms with Crippen molar-refractivity contribution in [2.75, 3.05) is 27.2 Å². The lowest BCUT2D eigenvalue weighted by Crippen LogP contribution is -2.50. The number of piperidine rings is 1. The van der Waals surface area contributed by atoms with Crippen LogP contribution in [0.25, 0.3) is 0 Å². The zero-order valence-corrected chi connectivity index (χ0v) is 10.8. The van der Waals surface area contributed by atoms with Crippen molar-refractivity contribution in [2.24, 2.45) is 5.92 Å². The van der Waals surface area contributed by atoms with Crippen molar-refractivity contribution in [3.05, 3.63) is 0 Å². The lowest BCUT2D eigenvalue weighted by Gasteiger charge is -2.37. The number of aliphatic carboxylic acids is 1. The van der Waals surface area contributed by atoms with Gasteiger partial charge in [0.05, 0.1) is 0 Å². The Labute approximate surface area is 102 Å². The summed E-state index contributed by atoms with van der Waals surface area (Å²) < 4.78 is 0. The van der Waals surface area contributed by atoms with E-state index in [4.69, 9.17) is 0 Å². The van der Waals surface area contributed by atoms with E-state index in [-0.39, 0.29) is 11.8 Å². The second kappa shape index (κ2) is 6.00. The molecule has 1 aliphatic heterocycles. The molecule has 5 nitrogen and oxygen atoms in total. The quantitative estimate of drug-likeness (QED) is 0.786. The smallest absolute Gasteiger partial charge is 0.321 e. The Kier molecular flexibility index (Phi) is 4.93. The van der Waals surface area contributed by atoms with E-state index in [9.17, 15) is 14.7 Å². The van der Waals surface area contributed by atoms with Crippen LogP contribution in [0.15, 0.2) is 0 Å². The van der Waals surface area contributed by atoms with Crippen LogP contribution < -0.4 is 0 Å². The predicted molar refractivity (Wildman–Crippen MR) is 64.7 cm³/mol. The summed E-state index contributed by atoms with van der Waals surface area (Å²) in [7, 11) is 3.44. The molecule has 1 rings (SSSR count). The molecule has 1 saturated heterocycles. The number of hydrogen-bond acceptors (Lipinski definition) is 3. The van der Waals surface area contributed by atoms with Crippen LogP contribution in [0, 0.1) is 5.92 Å². The van der Waals surface area contributed by atoms with Crippen molar-refractivity contribution in [1.82, 2.24) is 9.80 Å².